The Morgan fingerprint density at radius 1 is 1.45 bits per heavy atom. The average Bonchev–Trinajstić information content (AvgIpc) is 2.34. The van der Waals surface area contributed by atoms with Crippen LogP contribution in [0.5, 0.6) is 0 Å². The van der Waals surface area contributed by atoms with Crippen LogP contribution < -0.4 is 11.1 Å². The van der Waals surface area contributed by atoms with Crippen LogP contribution in [0.25, 0.3) is 0 Å². The van der Waals surface area contributed by atoms with E-state index in [1.165, 1.54) is 0 Å². The summed E-state index contributed by atoms with van der Waals surface area (Å²) in [6.07, 6.45) is -2.95. The summed E-state index contributed by atoms with van der Waals surface area (Å²) in [6.45, 7) is 0.647. The quantitative estimate of drug-likeness (QED) is 0.602. The maximum absolute atomic E-state index is 11.9. The van der Waals surface area contributed by atoms with E-state index in [9.17, 15) is 13.2 Å². The Bertz CT molecular complexity index is 128. The number of hydrogen-bond acceptors (Lipinski definition) is 2. The van der Waals surface area contributed by atoms with Crippen LogP contribution in [-0.4, -0.2) is 24.8 Å². The van der Waals surface area contributed by atoms with Crippen molar-refractivity contribution in [3.8, 4) is 0 Å². The lowest BCUT2D eigenvalue weighted by Crippen LogP contribution is -2.50. The zero-order valence-corrected chi connectivity index (χ0v) is 5.99. The SMILES string of the molecule is N[C@@H]([C@H]1CCCN1)C(F)(F)F. The van der Waals surface area contributed by atoms with E-state index in [1.807, 2.05) is 0 Å². The number of nitrogens with one attached hydrogen (secondary N) is 1. The molecule has 11 heavy (non-hydrogen) atoms. The largest absolute Gasteiger partial charge is 0.405 e. The van der Waals surface area contributed by atoms with E-state index in [4.69, 9.17) is 5.73 Å². The molecule has 0 amide bonds. The van der Waals surface area contributed by atoms with Gasteiger partial charge in [-0.25, -0.2) is 0 Å². The molecular weight excluding hydrogens is 157 g/mol. The van der Waals surface area contributed by atoms with Crippen molar-refractivity contribution in [2.45, 2.75) is 31.1 Å². The minimum absolute atomic E-state index is 0.528. The zero-order valence-electron chi connectivity index (χ0n) is 5.99. The van der Waals surface area contributed by atoms with Gasteiger partial charge in [0.15, 0.2) is 0 Å². The lowest BCUT2D eigenvalue weighted by Gasteiger charge is -2.21. The fraction of sp³-hybridized carbons (Fsp3) is 1.00. The Morgan fingerprint density at radius 2 is 2.09 bits per heavy atom. The molecule has 0 bridgehead atoms. The van der Waals surface area contributed by atoms with Crippen molar-refractivity contribution in [2.24, 2.45) is 5.73 Å². The summed E-state index contributed by atoms with van der Waals surface area (Å²) in [5.41, 5.74) is 4.97. The Balaban J connectivity index is 2.46. The number of alkyl halides is 3. The van der Waals surface area contributed by atoms with Crippen molar-refractivity contribution >= 4 is 0 Å². The van der Waals surface area contributed by atoms with Gasteiger partial charge in [-0.3, -0.25) is 0 Å². The highest BCUT2D eigenvalue weighted by molar-refractivity contribution is 4.88. The summed E-state index contributed by atoms with van der Waals surface area (Å²) in [6, 6.07) is -2.28. The molecule has 5 heteroatoms. The fourth-order valence-electron chi connectivity index (χ4n) is 1.25. The molecule has 1 aliphatic heterocycles. The zero-order chi connectivity index (χ0) is 8.48. The Labute approximate surface area is 62.9 Å². The number of rotatable bonds is 1. The minimum atomic E-state index is -4.26. The van der Waals surface area contributed by atoms with Gasteiger partial charge in [-0.1, -0.05) is 0 Å². The average molecular weight is 168 g/mol. The van der Waals surface area contributed by atoms with E-state index >= 15 is 0 Å². The van der Waals surface area contributed by atoms with Gasteiger partial charge in [0.25, 0.3) is 0 Å². The summed E-state index contributed by atoms with van der Waals surface area (Å²) in [7, 11) is 0. The molecule has 66 valence electrons. The topological polar surface area (TPSA) is 38.0 Å². The number of halogens is 3. The first-order valence-electron chi connectivity index (χ1n) is 3.57. The third-order valence-corrected chi connectivity index (χ3v) is 1.91. The van der Waals surface area contributed by atoms with Crippen LogP contribution in [0, 0.1) is 0 Å². The molecule has 0 saturated carbocycles. The second-order valence-electron chi connectivity index (χ2n) is 2.77. The molecule has 1 saturated heterocycles. The molecule has 0 aromatic heterocycles. The van der Waals surface area contributed by atoms with E-state index in [0.29, 0.717) is 13.0 Å². The van der Waals surface area contributed by atoms with Gasteiger partial charge < -0.3 is 11.1 Å². The maximum atomic E-state index is 11.9. The van der Waals surface area contributed by atoms with Gasteiger partial charge in [0, 0.05) is 6.04 Å². The maximum Gasteiger partial charge on any atom is 0.405 e. The smallest absolute Gasteiger partial charge is 0.319 e. The van der Waals surface area contributed by atoms with Gasteiger partial charge in [-0.2, -0.15) is 13.2 Å². The first kappa shape index (κ1) is 8.80. The number of hydrogen-bond donors (Lipinski definition) is 2. The van der Waals surface area contributed by atoms with Crippen molar-refractivity contribution in [3.63, 3.8) is 0 Å². The second kappa shape index (κ2) is 2.98. The fourth-order valence-corrected chi connectivity index (χ4v) is 1.25. The van der Waals surface area contributed by atoms with Crippen LogP contribution in [0.2, 0.25) is 0 Å². The highest BCUT2D eigenvalue weighted by Gasteiger charge is 2.42. The van der Waals surface area contributed by atoms with Gasteiger partial charge in [0.05, 0.1) is 0 Å². The second-order valence-corrected chi connectivity index (χ2v) is 2.77. The van der Waals surface area contributed by atoms with Crippen molar-refractivity contribution in [2.75, 3.05) is 6.54 Å². The molecule has 1 rings (SSSR count). The van der Waals surface area contributed by atoms with Gasteiger partial charge in [-0.05, 0) is 19.4 Å². The Kier molecular flexibility index (Phi) is 2.39. The molecule has 1 aliphatic rings. The molecule has 3 N–H and O–H groups in total. The van der Waals surface area contributed by atoms with Crippen LogP contribution in [0.1, 0.15) is 12.8 Å². The molecule has 0 spiro atoms. The predicted molar refractivity (Wildman–Crippen MR) is 35.1 cm³/mol. The van der Waals surface area contributed by atoms with Crippen LogP contribution in [0.4, 0.5) is 13.2 Å². The lowest BCUT2D eigenvalue weighted by atomic mass is 10.1. The molecule has 0 radical (unpaired) electrons. The molecular formula is C6H11F3N2. The minimum Gasteiger partial charge on any atom is -0.319 e. The molecule has 1 heterocycles. The third kappa shape index (κ3) is 2.07. The molecule has 0 aliphatic carbocycles. The van der Waals surface area contributed by atoms with E-state index in [0.717, 1.165) is 6.42 Å². The van der Waals surface area contributed by atoms with Crippen molar-refractivity contribution in [1.82, 2.24) is 5.32 Å². The molecule has 2 atom stereocenters. The molecule has 0 aromatic carbocycles. The predicted octanol–water partition coefficient (Wildman–Crippen LogP) is 0.628. The lowest BCUT2D eigenvalue weighted by molar-refractivity contribution is -0.152. The first-order valence-corrected chi connectivity index (χ1v) is 3.57. The van der Waals surface area contributed by atoms with E-state index in [-0.39, 0.29) is 0 Å². The van der Waals surface area contributed by atoms with E-state index in [2.05, 4.69) is 5.32 Å². The monoisotopic (exact) mass is 168 g/mol. The number of nitrogens with two attached hydrogens (primary N) is 1. The molecule has 1 fully saturated rings. The molecule has 0 unspecified atom stereocenters. The van der Waals surface area contributed by atoms with E-state index in [1.54, 1.807) is 0 Å². The van der Waals surface area contributed by atoms with Gasteiger partial charge in [-0.15, -0.1) is 0 Å². The van der Waals surface area contributed by atoms with E-state index < -0.39 is 18.3 Å². The Hall–Kier alpha value is -0.290. The van der Waals surface area contributed by atoms with Crippen molar-refractivity contribution in [1.29, 1.82) is 0 Å². The standard InChI is InChI=1S/C6H11F3N2/c7-6(8,9)5(10)4-2-1-3-11-4/h4-5,11H,1-3,10H2/t4-,5+/m1/s1. The van der Waals surface area contributed by atoms with Crippen molar-refractivity contribution in [3.05, 3.63) is 0 Å². The summed E-state index contributed by atoms with van der Waals surface area (Å²) >= 11 is 0. The molecule has 0 aromatic rings. The third-order valence-electron chi connectivity index (χ3n) is 1.91. The summed E-state index contributed by atoms with van der Waals surface area (Å²) < 4.78 is 35.8. The summed E-state index contributed by atoms with van der Waals surface area (Å²) in [5, 5.41) is 2.72. The van der Waals surface area contributed by atoms with Crippen molar-refractivity contribution < 1.29 is 13.2 Å². The normalized spacial score (nSPS) is 28.9. The summed E-state index contributed by atoms with van der Waals surface area (Å²) in [4.78, 5) is 0. The summed E-state index contributed by atoms with van der Waals surface area (Å²) in [5.74, 6) is 0. The van der Waals surface area contributed by atoms with Gasteiger partial charge in [0.1, 0.15) is 6.04 Å². The van der Waals surface area contributed by atoms with Crippen LogP contribution in [0.3, 0.4) is 0 Å². The van der Waals surface area contributed by atoms with Gasteiger partial charge in [0.2, 0.25) is 0 Å². The highest BCUT2D eigenvalue weighted by Crippen LogP contribution is 2.24. The first-order chi connectivity index (χ1) is 5.02. The molecule has 2 nitrogen and oxygen atoms in total. The van der Waals surface area contributed by atoms with Gasteiger partial charge >= 0.3 is 6.18 Å². The van der Waals surface area contributed by atoms with Crippen LogP contribution in [-0.2, 0) is 0 Å². The highest BCUT2D eigenvalue weighted by atomic mass is 19.4. The Morgan fingerprint density at radius 3 is 2.45 bits per heavy atom. The van der Waals surface area contributed by atoms with Crippen LogP contribution >= 0.6 is 0 Å². The van der Waals surface area contributed by atoms with Crippen LogP contribution in [0.15, 0.2) is 0 Å².